The summed E-state index contributed by atoms with van der Waals surface area (Å²) < 4.78 is 1.71. The van der Waals surface area contributed by atoms with Crippen molar-refractivity contribution in [1.29, 1.82) is 0 Å². The Hall–Kier alpha value is -3.12. The Morgan fingerprint density at radius 1 is 1.00 bits per heavy atom. The van der Waals surface area contributed by atoms with Crippen LogP contribution in [0.25, 0.3) is 33.8 Å². The summed E-state index contributed by atoms with van der Waals surface area (Å²) in [6.07, 6.45) is 6.58. The number of aromatic nitrogens is 4. The van der Waals surface area contributed by atoms with E-state index in [0.29, 0.717) is 23.1 Å². The van der Waals surface area contributed by atoms with Gasteiger partial charge in [0.2, 0.25) is 0 Å². The molecule has 6 rings (SSSR count). The minimum atomic E-state index is 0.168. The molecule has 1 aliphatic carbocycles. The Balaban J connectivity index is 1.35. The van der Waals surface area contributed by atoms with Crippen molar-refractivity contribution >= 4 is 11.0 Å². The predicted octanol–water partition coefficient (Wildman–Crippen LogP) is 4.99. The maximum atomic E-state index is 11.1. The lowest BCUT2D eigenvalue weighted by Gasteiger charge is -2.22. The van der Waals surface area contributed by atoms with Crippen LogP contribution < -0.4 is 5.32 Å². The zero-order chi connectivity index (χ0) is 20.9. The fourth-order valence-corrected chi connectivity index (χ4v) is 5.24. The standard InChI is InChI=1S/C25H27N5O/c1-30-23(25-27-20-11-18-13-26-14-19(18)12-21(20)28-25)24(31)22(29-30)17-9-7-16(8-10-17)15-5-3-2-4-6-15/h7-12,15,26,31H,2-6,13-14H2,1H3,(H,27,28). The average Bonchev–Trinajstić information content (AvgIpc) is 3.49. The van der Waals surface area contributed by atoms with Gasteiger partial charge in [-0.1, -0.05) is 43.5 Å². The van der Waals surface area contributed by atoms with Gasteiger partial charge in [-0.3, -0.25) is 4.68 Å². The number of hydrogen-bond acceptors (Lipinski definition) is 4. The van der Waals surface area contributed by atoms with Crippen LogP contribution in [0.4, 0.5) is 0 Å². The van der Waals surface area contributed by atoms with E-state index in [4.69, 9.17) is 4.98 Å². The highest BCUT2D eigenvalue weighted by Crippen LogP contribution is 2.39. The van der Waals surface area contributed by atoms with Gasteiger partial charge in [0.05, 0.1) is 11.0 Å². The second-order valence-electron chi connectivity index (χ2n) is 8.95. The average molecular weight is 414 g/mol. The summed E-state index contributed by atoms with van der Waals surface area (Å²) >= 11 is 0. The molecule has 4 aromatic rings. The first-order chi connectivity index (χ1) is 15.2. The number of nitrogens with one attached hydrogen (secondary N) is 2. The molecule has 0 spiro atoms. The number of hydrogen-bond donors (Lipinski definition) is 3. The van der Waals surface area contributed by atoms with Crippen LogP contribution in [0.2, 0.25) is 0 Å². The van der Waals surface area contributed by atoms with E-state index in [2.05, 4.69) is 51.8 Å². The van der Waals surface area contributed by atoms with Crippen molar-refractivity contribution in [2.45, 2.75) is 51.1 Å². The van der Waals surface area contributed by atoms with Gasteiger partial charge in [-0.2, -0.15) is 5.10 Å². The number of nitrogens with zero attached hydrogens (tertiary/aromatic N) is 3. The van der Waals surface area contributed by atoms with Crippen LogP contribution >= 0.6 is 0 Å². The fourth-order valence-electron chi connectivity index (χ4n) is 5.24. The van der Waals surface area contributed by atoms with Crippen LogP contribution in [0.15, 0.2) is 36.4 Å². The third-order valence-electron chi connectivity index (χ3n) is 6.94. The molecule has 3 heterocycles. The molecule has 1 aliphatic heterocycles. The monoisotopic (exact) mass is 413 g/mol. The number of fused-ring (bicyclic) bond motifs is 2. The Kier molecular flexibility index (Phi) is 4.35. The van der Waals surface area contributed by atoms with Gasteiger partial charge < -0.3 is 15.4 Å². The van der Waals surface area contributed by atoms with Gasteiger partial charge in [0, 0.05) is 25.7 Å². The van der Waals surface area contributed by atoms with Gasteiger partial charge in [-0.25, -0.2) is 4.98 Å². The van der Waals surface area contributed by atoms with E-state index < -0.39 is 0 Å². The number of aromatic amines is 1. The van der Waals surface area contributed by atoms with Gasteiger partial charge in [-0.05, 0) is 47.6 Å². The van der Waals surface area contributed by atoms with Crippen molar-refractivity contribution in [3.8, 4) is 28.5 Å². The highest BCUT2D eigenvalue weighted by Gasteiger charge is 2.23. The molecule has 0 bridgehead atoms. The lowest BCUT2D eigenvalue weighted by atomic mass is 9.84. The summed E-state index contributed by atoms with van der Waals surface area (Å²) in [7, 11) is 1.85. The molecule has 2 aromatic heterocycles. The number of H-pyrrole nitrogens is 1. The lowest BCUT2D eigenvalue weighted by Crippen LogP contribution is -2.04. The second-order valence-corrected chi connectivity index (χ2v) is 8.95. The molecular formula is C25H27N5O. The Labute approximate surface area is 181 Å². The molecule has 6 nitrogen and oxygen atoms in total. The maximum Gasteiger partial charge on any atom is 0.173 e. The number of rotatable bonds is 3. The molecule has 0 amide bonds. The molecule has 0 unspecified atom stereocenters. The summed E-state index contributed by atoms with van der Waals surface area (Å²) in [6, 6.07) is 12.9. The number of aromatic hydroxyl groups is 1. The zero-order valence-corrected chi connectivity index (χ0v) is 17.8. The van der Waals surface area contributed by atoms with Gasteiger partial charge >= 0.3 is 0 Å². The minimum absolute atomic E-state index is 0.168. The highest BCUT2D eigenvalue weighted by atomic mass is 16.3. The van der Waals surface area contributed by atoms with Gasteiger partial charge in [0.15, 0.2) is 11.6 Å². The third-order valence-corrected chi connectivity index (χ3v) is 6.94. The fraction of sp³-hybridized carbons (Fsp3) is 0.360. The van der Waals surface area contributed by atoms with Crippen molar-refractivity contribution in [2.75, 3.05) is 0 Å². The van der Waals surface area contributed by atoms with E-state index in [1.165, 1.54) is 48.8 Å². The number of benzene rings is 2. The summed E-state index contributed by atoms with van der Waals surface area (Å²) in [5.74, 6) is 1.48. The van der Waals surface area contributed by atoms with E-state index in [0.717, 1.165) is 29.7 Å². The molecular weight excluding hydrogens is 386 g/mol. The van der Waals surface area contributed by atoms with E-state index in [9.17, 15) is 5.11 Å². The summed E-state index contributed by atoms with van der Waals surface area (Å²) in [5, 5.41) is 19.1. The first-order valence-electron chi connectivity index (χ1n) is 11.3. The molecule has 2 aliphatic rings. The van der Waals surface area contributed by atoms with Crippen molar-refractivity contribution in [1.82, 2.24) is 25.1 Å². The second kappa shape index (κ2) is 7.24. The van der Waals surface area contributed by atoms with Crippen LogP contribution in [0, 0.1) is 0 Å². The molecule has 3 N–H and O–H groups in total. The van der Waals surface area contributed by atoms with Gasteiger partial charge in [-0.15, -0.1) is 0 Å². The van der Waals surface area contributed by atoms with Gasteiger partial charge in [0.1, 0.15) is 11.4 Å². The Bertz CT molecular complexity index is 1220. The van der Waals surface area contributed by atoms with Crippen molar-refractivity contribution in [3.05, 3.63) is 53.1 Å². The van der Waals surface area contributed by atoms with E-state index in [-0.39, 0.29) is 5.75 Å². The zero-order valence-electron chi connectivity index (χ0n) is 17.8. The molecule has 1 saturated carbocycles. The first kappa shape index (κ1) is 18.6. The largest absolute Gasteiger partial charge is 0.504 e. The van der Waals surface area contributed by atoms with Crippen LogP contribution in [0.1, 0.15) is 54.7 Å². The smallest absolute Gasteiger partial charge is 0.173 e. The predicted molar refractivity (Wildman–Crippen MR) is 122 cm³/mol. The van der Waals surface area contributed by atoms with Gasteiger partial charge in [0.25, 0.3) is 0 Å². The molecule has 158 valence electrons. The first-order valence-corrected chi connectivity index (χ1v) is 11.3. The highest BCUT2D eigenvalue weighted by molar-refractivity contribution is 5.83. The van der Waals surface area contributed by atoms with Crippen molar-refractivity contribution < 1.29 is 5.11 Å². The normalized spacial score (nSPS) is 16.8. The molecule has 0 saturated heterocycles. The maximum absolute atomic E-state index is 11.1. The summed E-state index contributed by atoms with van der Waals surface area (Å²) in [4.78, 5) is 8.14. The molecule has 31 heavy (non-hydrogen) atoms. The Morgan fingerprint density at radius 3 is 2.52 bits per heavy atom. The molecule has 1 fully saturated rings. The minimum Gasteiger partial charge on any atom is -0.504 e. The molecule has 0 radical (unpaired) electrons. The van der Waals surface area contributed by atoms with E-state index in [1.807, 2.05) is 7.05 Å². The Morgan fingerprint density at radius 2 is 1.74 bits per heavy atom. The molecule has 2 aromatic carbocycles. The van der Waals surface area contributed by atoms with Crippen molar-refractivity contribution in [2.24, 2.45) is 7.05 Å². The lowest BCUT2D eigenvalue weighted by molar-refractivity contribution is 0.443. The van der Waals surface area contributed by atoms with Crippen LogP contribution in [-0.4, -0.2) is 24.9 Å². The SMILES string of the molecule is Cn1nc(-c2ccc(C3CCCCC3)cc2)c(O)c1-c1nc2cc3c(cc2[nH]1)CNC3. The quantitative estimate of drug-likeness (QED) is 0.442. The third kappa shape index (κ3) is 3.13. The molecule has 6 heteroatoms. The summed E-state index contributed by atoms with van der Waals surface area (Å²) in [5.41, 5.74) is 8.03. The molecule has 0 atom stereocenters. The number of aryl methyl sites for hydroxylation is 1. The number of imidazole rings is 1. The topological polar surface area (TPSA) is 78.8 Å². The van der Waals surface area contributed by atoms with Crippen LogP contribution in [-0.2, 0) is 20.1 Å². The van der Waals surface area contributed by atoms with E-state index in [1.54, 1.807) is 4.68 Å². The van der Waals surface area contributed by atoms with E-state index >= 15 is 0 Å². The van der Waals surface area contributed by atoms with Crippen molar-refractivity contribution in [3.63, 3.8) is 0 Å². The summed E-state index contributed by atoms with van der Waals surface area (Å²) in [6.45, 7) is 1.77. The van der Waals surface area contributed by atoms with Crippen LogP contribution in [0.3, 0.4) is 0 Å². The van der Waals surface area contributed by atoms with Crippen LogP contribution in [0.5, 0.6) is 5.75 Å².